The smallest absolute Gasteiger partial charge is 0.187 e. The zero-order valence-corrected chi connectivity index (χ0v) is 15.6. The summed E-state index contributed by atoms with van der Waals surface area (Å²) in [6, 6.07) is 0.231. The van der Waals surface area contributed by atoms with Crippen LogP contribution in [-0.2, 0) is 9.47 Å². The van der Waals surface area contributed by atoms with Crippen LogP contribution in [-0.4, -0.2) is 122 Å². The summed E-state index contributed by atoms with van der Waals surface area (Å²) in [4.78, 5) is 0. The van der Waals surface area contributed by atoms with Crippen molar-refractivity contribution in [2.24, 2.45) is 0 Å². The molecule has 0 aromatic heterocycles. The molecule has 6 unspecified atom stereocenters. The third-order valence-electron chi connectivity index (χ3n) is 5.41. The first-order chi connectivity index (χ1) is 13.3. The Hall–Kier alpha value is -0.440. The van der Waals surface area contributed by atoms with E-state index in [1.165, 1.54) is 0 Å². The molecule has 1 heterocycles. The van der Waals surface area contributed by atoms with E-state index in [0.717, 1.165) is 25.7 Å². The molecule has 9 N–H and O–H groups in total. The fourth-order valence-corrected chi connectivity index (χ4v) is 3.59. The first kappa shape index (κ1) is 23.8. The van der Waals surface area contributed by atoms with Gasteiger partial charge < -0.3 is 55.6 Å². The summed E-state index contributed by atoms with van der Waals surface area (Å²) < 4.78 is 10.6. The average Bonchev–Trinajstić information content (AvgIpc) is 3.22. The van der Waals surface area contributed by atoms with E-state index in [4.69, 9.17) is 9.47 Å². The van der Waals surface area contributed by atoms with E-state index in [-0.39, 0.29) is 12.6 Å². The fraction of sp³-hybridized carbons (Fsp3) is 1.00. The van der Waals surface area contributed by atoms with Crippen LogP contribution in [0.2, 0.25) is 0 Å². The molecule has 0 bridgehead atoms. The predicted octanol–water partition coefficient (Wildman–Crippen LogP) is -4.22. The topological polar surface area (TPSA) is 192 Å². The van der Waals surface area contributed by atoms with Crippen LogP contribution in [0, 0.1) is 0 Å². The summed E-state index contributed by atoms with van der Waals surface area (Å²) in [6.07, 6.45) is -9.97. The first-order valence-corrected chi connectivity index (χ1v) is 9.64. The molecule has 0 amide bonds. The maximum atomic E-state index is 10.4. The highest BCUT2D eigenvalue weighted by Gasteiger charge is 2.46. The van der Waals surface area contributed by atoms with Crippen molar-refractivity contribution in [2.75, 3.05) is 19.8 Å². The second-order valence-corrected chi connectivity index (χ2v) is 7.50. The molecule has 11 nitrogen and oxygen atoms in total. The summed E-state index contributed by atoms with van der Waals surface area (Å²) in [5, 5.41) is 82.0. The number of aliphatic hydroxyl groups excluding tert-OH is 8. The molecule has 0 aromatic rings. The summed E-state index contributed by atoms with van der Waals surface area (Å²) in [6.45, 7) is -1.45. The Bertz CT molecular complexity index is 450. The van der Waals surface area contributed by atoms with E-state index < -0.39 is 68.3 Å². The van der Waals surface area contributed by atoms with E-state index in [2.05, 4.69) is 5.32 Å². The van der Waals surface area contributed by atoms with Gasteiger partial charge in [-0.25, -0.2) is 0 Å². The molecule has 1 aliphatic heterocycles. The number of aliphatic hydroxyl groups is 8. The van der Waals surface area contributed by atoms with Crippen LogP contribution < -0.4 is 5.32 Å². The molecule has 2 fully saturated rings. The van der Waals surface area contributed by atoms with Gasteiger partial charge in [0, 0.05) is 12.6 Å². The quantitative estimate of drug-likeness (QED) is 0.169. The van der Waals surface area contributed by atoms with E-state index in [9.17, 15) is 40.9 Å². The molecule has 2 rings (SSSR count). The van der Waals surface area contributed by atoms with Crippen LogP contribution in [0.3, 0.4) is 0 Å². The van der Waals surface area contributed by atoms with Crippen molar-refractivity contribution in [3.63, 3.8) is 0 Å². The van der Waals surface area contributed by atoms with Crippen LogP contribution in [0.5, 0.6) is 0 Å². The molecule has 1 aliphatic carbocycles. The van der Waals surface area contributed by atoms with Gasteiger partial charge in [-0.2, -0.15) is 0 Å². The molecular formula is C17H33NO10. The van der Waals surface area contributed by atoms with Gasteiger partial charge in [0.25, 0.3) is 0 Å². The van der Waals surface area contributed by atoms with Crippen LogP contribution in [0.4, 0.5) is 0 Å². The fourth-order valence-electron chi connectivity index (χ4n) is 3.59. The van der Waals surface area contributed by atoms with Crippen molar-refractivity contribution in [2.45, 2.75) is 86.8 Å². The largest absolute Gasteiger partial charge is 0.394 e. The molecule has 11 heteroatoms. The molecule has 166 valence electrons. The summed E-state index contributed by atoms with van der Waals surface area (Å²) in [5.74, 6) is 0. The number of hydrogen-bond donors (Lipinski definition) is 9. The number of rotatable bonds is 10. The highest BCUT2D eigenvalue weighted by Crippen LogP contribution is 2.25. The Balaban J connectivity index is 2.00. The Morgan fingerprint density at radius 3 is 2.14 bits per heavy atom. The molecule has 0 spiro atoms. The van der Waals surface area contributed by atoms with Gasteiger partial charge in [0.1, 0.15) is 42.7 Å². The van der Waals surface area contributed by atoms with Crippen LogP contribution in [0.25, 0.3) is 0 Å². The van der Waals surface area contributed by atoms with E-state index in [1.807, 2.05) is 0 Å². The van der Waals surface area contributed by atoms with Crippen molar-refractivity contribution in [1.82, 2.24) is 5.32 Å². The second kappa shape index (κ2) is 11.1. The average molecular weight is 411 g/mol. The summed E-state index contributed by atoms with van der Waals surface area (Å²) in [7, 11) is 0. The van der Waals surface area contributed by atoms with E-state index in [1.54, 1.807) is 0 Å². The predicted molar refractivity (Wildman–Crippen MR) is 94.0 cm³/mol. The Kier molecular flexibility index (Phi) is 9.44. The normalized spacial score (nSPS) is 36.2. The number of hydrogen-bond acceptors (Lipinski definition) is 11. The number of nitrogens with one attached hydrogen (secondary N) is 1. The second-order valence-electron chi connectivity index (χ2n) is 7.50. The standard InChI is InChI=1S/C17H33NO10/c19-6-10(22)16(12(23)9(21)5-18-8-3-1-2-4-8)28-17-15(26)14(25)13(24)11(7-20)27-17/h8-26H,1-7H2/t9?,10?,11?,12?,13-,14?,15?,16+,17-/m0/s1. The molecular weight excluding hydrogens is 378 g/mol. The van der Waals surface area contributed by atoms with Crippen molar-refractivity contribution in [1.29, 1.82) is 0 Å². The summed E-state index contributed by atoms with van der Waals surface area (Å²) >= 11 is 0. The minimum absolute atomic E-state index is 0.0263. The lowest BCUT2D eigenvalue weighted by Crippen LogP contribution is -2.61. The highest BCUT2D eigenvalue weighted by atomic mass is 16.7. The van der Waals surface area contributed by atoms with Gasteiger partial charge >= 0.3 is 0 Å². The zero-order valence-electron chi connectivity index (χ0n) is 15.6. The SMILES string of the molecule is OCC1O[C@@H](O[C@H](C(O)CO)C(O)C(O)CNC2CCCC2)C(O)C(O)[C@H]1O. The Labute approximate surface area is 163 Å². The number of ether oxygens (including phenoxy) is 2. The maximum Gasteiger partial charge on any atom is 0.187 e. The lowest BCUT2D eigenvalue weighted by Gasteiger charge is -2.42. The molecule has 9 atom stereocenters. The van der Waals surface area contributed by atoms with Gasteiger partial charge in [-0.05, 0) is 12.8 Å². The van der Waals surface area contributed by atoms with Gasteiger partial charge in [0.2, 0.25) is 0 Å². The van der Waals surface area contributed by atoms with Gasteiger partial charge in [-0.3, -0.25) is 0 Å². The zero-order chi connectivity index (χ0) is 20.8. The first-order valence-electron chi connectivity index (χ1n) is 9.64. The minimum Gasteiger partial charge on any atom is -0.394 e. The molecule has 0 aromatic carbocycles. The minimum atomic E-state index is -1.74. The van der Waals surface area contributed by atoms with Gasteiger partial charge in [0.15, 0.2) is 6.29 Å². The summed E-state index contributed by atoms with van der Waals surface area (Å²) in [5.41, 5.74) is 0. The monoisotopic (exact) mass is 411 g/mol. The third-order valence-corrected chi connectivity index (χ3v) is 5.41. The van der Waals surface area contributed by atoms with Crippen molar-refractivity contribution >= 4 is 0 Å². The van der Waals surface area contributed by atoms with Gasteiger partial charge in [-0.15, -0.1) is 0 Å². The molecule has 2 aliphatic rings. The van der Waals surface area contributed by atoms with Crippen molar-refractivity contribution < 1.29 is 50.3 Å². The maximum absolute atomic E-state index is 10.4. The lowest BCUT2D eigenvalue weighted by atomic mass is 9.98. The van der Waals surface area contributed by atoms with E-state index >= 15 is 0 Å². The van der Waals surface area contributed by atoms with E-state index in [0.29, 0.717) is 0 Å². The molecule has 28 heavy (non-hydrogen) atoms. The van der Waals surface area contributed by atoms with Crippen LogP contribution in [0.15, 0.2) is 0 Å². The highest BCUT2D eigenvalue weighted by molar-refractivity contribution is 4.91. The van der Waals surface area contributed by atoms with Crippen LogP contribution >= 0.6 is 0 Å². The Morgan fingerprint density at radius 1 is 0.929 bits per heavy atom. The molecule has 1 saturated heterocycles. The van der Waals surface area contributed by atoms with Crippen molar-refractivity contribution in [3.05, 3.63) is 0 Å². The third kappa shape index (κ3) is 5.80. The van der Waals surface area contributed by atoms with Gasteiger partial charge in [0.05, 0.1) is 19.3 Å². The Morgan fingerprint density at radius 2 is 1.57 bits per heavy atom. The van der Waals surface area contributed by atoms with Crippen molar-refractivity contribution in [3.8, 4) is 0 Å². The molecule has 1 saturated carbocycles. The van der Waals surface area contributed by atoms with Crippen LogP contribution in [0.1, 0.15) is 25.7 Å². The molecule has 0 radical (unpaired) electrons. The lowest BCUT2D eigenvalue weighted by molar-refractivity contribution is -0.327. The van der Waals surface area contributed by atoms with Gasteiger partial charge in [-0.1, -0.05) is 12.8 Å².